The number of morpholine rings is 1. The summed E-state index contributed by atoms with van der Waals surface area (Å²) in [6.07, 6.45) is 9.25. The van der Waals surface area contributed by atoms with E-state index in [1.165, 1.54) is 19.3 Å². The fraction of sp³-hybridized carbons (Fsp3) is 0.750. The van der Waals surface area contributed by atoms with Crippen LogP contribution < -0.4 is 10.2 Å². The molecule has 7 rings (SSSR count). The molecule has 1 N–H and O–H groups in total. The average molecular weight is 471 g/mol. The number of carbonyl (C=O) groups excluding carboxylic acids is 1. The van der Waals surface area contributed by atoms with Gasteiger partial charge < -0.3 is 15.0 Å². The van der Waals surface area contributed by atoms with E-state index >= 15 is 0 Å². The summed E-state index contributed by atoms with van der Waals surface area (Å²) in [4.78, 5) is 25.2. The van der Waals surface area contributed by atoms with Crippen molar-refractivity contribution < 1.29 is 9.53 Å². The van der Waals surface area contributed by atoms with E-state index in [-0.39, 0.29) is 11.3 Å². The zero-order valence-electron chi connectivity index (χ0n) is 19.5. The van der Waals surface area contributed by atoms with Gasteiger partial charge in [0.15, 0.2) is 10.8 Å². The van der Waals surface area contributed by atoms with Gasteiger partial charge in [0, 0.05) is 25.0 Å². The Labute approximate surface area is 199 Å². The lowest BCUT2D eigenvalue weighted by atomic mass is 9.49. The monoisotopic (exact) mass is 470 g/mol. The Bertz CT molecular complexity index is 998. The van der Waals surface area contributed by atoms with Gasteiger partial charge in [0.25, 0.3) is 0 Å². The molecule has 2 aromatic heterocycles. The van der Waals surface area contributed by atoms with Gasteiger partial charge >= 0.3 is 0 Å². The summed E-state index contributed by atoms with van der Waals surface area (Å²) in [6.45, 7) is 6.41. The second-order valence-corrected chi connectivity index (χ2v) is 11.7. The van der Waals surface area contributed by atoms with Crippen molar-refractivity contribution in [3.63, 3.8) is 0 Å². The van der Waals surface area contributed by atoms with Gasteiger partial charge in [0.2, 0.25) is 5.91 Å². The maximum atomic E-state index is 13.3. The number of fused-ring (bicyclic) bond motifs is 1. The van der Waals surface area contributed by atoms with Gasteiger partial charge in [-0.2, -0.15) is 5.10 Å². The number of rotatable bonds is 7. The number of nitrogens with zero attached hydrogens (tertiary/aromatic N) is 5. The van der Waals surface area contributed by atoms with Gasteiger partial charge in [-0.25, -0.2) is 14.6 Å². The highest BCUT2D eigenvalue weighted by molar-refractivity contribution is 7.99. The van der Waals surface area contributed by atoms with Gasteiger partial charge in [0.1, 0.15) is 5.82 Å². The van der Waals surface area contributed by atoms with Crippen LogP contribution in [0.25, 0.3) is 11.0 Å². The lowest BCUT2D eigenvalue weighted by Crippen LogP contribution is -2.53. The molecular formula is C24H34N6O2S. The fourth-order valence-electron chi connectivity index (χ4n) is 7.15. The smallest absolute Gasteiger partial charge is 0.226 e. The van der Waals surface area contributed by atoms with E-state index in [1.54, 1.807) is 11.8 Å². The summed E-state index contributed by atoms with van der Waals surface area (Å²) in [5.74, 6) is 4.49. The third-order valence-corrected chi connectivity index (χ3v) is 8.90. The van der Waals surface area contributed by atoms with E-state index in [0.29, 0.717) is 26.3 Å². The molecule has 1 amide bonds. The molecule has 3 heterocycles. The van der Waals surface area contributed by atoms with Crippen LogP contribution in [0.1, 0.15) is 45.4 Å². The molecule has 0 atom stereocenters. The third kappa shape index (κ3) is 4.01. The van der Waals surface area contributed by atoms with Crippen molar-refractivity contribution in [2.75, 3.05) is 43.5 Å². The summed E-state index contributed by atoms with van der Waals surface area (Å²) in [7, 11) is 0. The molecule has 4 bridgehead atoms. The second kappa shape index (κ2) is 8.73. The van der Waals surface area contributed by atoms with Crippen LogP contribution in [0.4, 0.5) is 5.82 Å². The first-order valence-electron chi connectivity index (χ1n) is 12.6. The van der Waals surface area contributed by atoms with E-state index in [0.717, 1.165) is 77.9 Å². The molecule has 178 valence electrons. The van der Waals surface area contributed by atoms with Gasteiger partial charge in [-0.15, -0.1) is 0 Å². The summed E-state index contributed by atoms with van der Waals surface area (Å²) in [5, 5.41) is 9.68. The number of amides is 1. The number of thioether (sulfide) groups is 1. The molecule has 1 saturated heterocycles. The van der Waals surface area contributed by atoms with Crippen LogP contribution >= 0.6 is 11.8 Å². The molecule has 0 radical (unpaired) electrons. The molecule has 0 aromatic carbocycles. The number of carbonyl (C=O) groups is 1. The van der Waals surface area contributed by atoms with Crippen LogP contribution in [0.5, 0.6) is 0 Å². The molecule has 8 nitrogen and oxygen atoms in total. The third-order valence-electron chi connectivity index (χ3n) is 8.17. The van der Waals surface area contributed by atoms with Crippen LogP contribution in [0.3, 0.4) is 0 Å². The predicted molar refractivity (Wildman–Crippen MR) is 128 cm³/mol. The molecule has 5 aliphatic rings. The normalized spacial score (nSPS) is 30.8. The highest BCUT2D eigenvalue weighted by Gasteiger charge is 2.54. The summed E-state index contributed by atoms with van der Waals surface area (Å²) in [5.41, 5.74) is 0.754. The van der Waals surface area contributed by atoms with Crippen molar-refractivity contribution in [1.82, 2.24) is 25.1 Å². The average Bonchev–Trinajstić information content (AvgIpc) is 3.21. The van der Waals surface area contributed by atoms with E-state index in [1.807, 2.05) is 10.9 Å². The zero-order chi connectivity index (χ0) is 22.4. The number of ether oxygens (including phenoxy) is 1. The first-order chi connectivity index (χ1) is 16.1. The SMILES string of the molecule is CCSc1nc(N2CCOCC2)c2cnn(CCNC(=O)C34CC5CC(CC(C5)C3)C4)c2n1. The van der Waals surface area contributed by atoms with Crippen molar-refractivity contribution >= 4 is 34.5 Å². The van der Waals surface area contributed by atoms with Crippen LogP contribution in [0.15, 0.2) is 11.4 Å². The number of aromatic nitrogens is 4. The number of hydrogen-bond donors (Lipinski definition) is 1. The van der Waals surface area contributed by atoms with Gasteiger partial charge in [-0.3, -0.25) is 4.79 Å². The van der Waals surface area contributed by atoms with E-state index in [9.17, 15) is 4.79 Å². The van der Waals surface area contributed by atoms with Crippen LogP contribution in [-0.4, -0.2) is 64.3 Å². The Morgan fingerprint density at radius 2 is 1.85 bits per heavy atom. The minimum atomic E-state index is -0.0997. The van der Waals surface area contributed by atoms with Crippen LogP contribution in [-0.2, 0) is 16.1 Å². The highest BCUT2D eigenvalue weighted by atomic mass is 32.2. The Morgan fingerprint density at radius 3 is 2.52 bits per heavy atom. The quantitative estimate of drug-likeness (QED) is 0.492. The van der Waals surface area contributed by atoms with Gasteiger partial charge in [-0.1, -0.05) is 18.7 Å². The predicted octanol–water partition coefficient (Wildman–Crippen LogP) is 3.11. The maximum Gasteiger partial charge on any atom is 0.226 e. The maximum absolute atomic E-state index is 13.3. The van der Waals surface area contributed by atoms with Crippen molar-refractivity contribution in [3.8, 4) is 0 Å². The molecule has 4 aliphatic carbocycles. The largest absolute Gasteiger partial charge is 0.378 e. The lowest BCUT2D eigenvalue weighted by Gasteiger charge is -2.55. The van der Waals surface area contributed by atoms with E-state index < -0.39 is 0 Å². The zero-order valence-corrected chi connectivity index (χ0v) is 20.3. The number of nitrogens with one attached hydrogen (secondary N) is 1. The Morgan fingerprint density at radius 1 is 1.15 bits per heavy atom. The summed E-state index contributed by atoms with van der Waals surface area (Å²) >= 11 is 1.65. The van der Waals surface area contributed by atoms with Crippen LogP contribution in [0, 0.1) is 23.2 Å². The molecule has 0 unspecified atom stereocenters. The standard InChI is InChI=1S/C24H34N6O2S/c1-2-33-23-27-20(29-5-7-32-8-6-29)19-15-26-30(21(19)28-23)4-3-25-22(31)24-12-16-9-17(13-24)11-18(10-16)14-24/h15-18H,2-14H2,1H3,(H,25,31). The minimum Gasteiger partial charge on any atom is -0.378 e. The first kappa shape index (κ1) is 21.6. The topological polar surface area (TPSA) is 85.2 Å². The number of anilines is 1. The number of hydrogen-bond acceptors (Lipinski definition) is 7. The van der Waals surface area contributed by atoms with Gasteiger partial charge in [-0.05, 0) is 62.0 Å². The van der Waals surface area contributed by atoms with Crippen molar-refractivity contribution in [3.05, 3.63) is 6.20 Å². The minimum absolute atomic E-state index is 0.0997. The summed E-state index contributed by atoms with van der Waals surface area (Å²) < 4.78 is 7.46. The first-order valence-corrected chi connectivity index (χ1v) is 13.6. The summed E-state index contributed by atoms with van der Waals surface area (Å²) in [6, 6.07) is 0. The second-order valence-electron chi connectivity index (χ2n) is 10.4. The Hall–Kier alpha value is -1.87. The molecule has 1 aliphatic heterocycles. The fourth-order valence-corrected chi connectivity index (χ4v) is 7.71. The van der Waals surface area contributed by atoms with Crippen LogP contribution in [0.2, 0.25) is 0 Å². The highest BCUT2D eigenvalue weighted by Crippen LogP contribution is 2.60. The molecule has 9 heteroatoms. The molecular weight excluding hydrogens is 436 g/mol. The van der Waals surface area contributed by atoms with Crippen molar-refractivity contribution in [2.24, 2.45) is 23.2 Å². The Kier molecular flexibility index (Phi) is 5.72. The van der Waals surface area contributed by atoms with E-state index in [2.05, 4.69) is 22.2 Å². The van der Waals surface area contributed by atoms with E-state index in [4.69, 9.17) is 14.7 Å². The van der Waals surface area contributed by atoms with Crippen molar-refractivity contribution in [1.29, 1.82) is 0 Å². The molecule has 4 saturated carbocycles. The molecule has 33 heavy (non-hydrogen) atoms. The molecule has 5 fully saturated rings. The van der Waals surface area contributed by atoms with Crippen molar-refractivity contribution in [2.45, 2.75) is 57.1 Å². The Balaban J connectivity index is 1.18. The molecule has 2 aromatic rings. The molecule has 0 spiro atoms. The van der Waals surface area contributed by atoms with Gasteiger partial charge in [0.05, 0.1) is 31.3 Å². The lowest BCUT2D eigenvalue weighted by molar-refractivity contribution is -0.146.